The van der Waals surface area contributed by atoms with E-state index in [4.69, 9.17) is 16.3 Å². The van der Waals surface area contributed by atoms with E-state index in [1.54, 1.807) is 37.4 Å². The first-order chi connectivity index (χ1) is 13.5. The number of carbonyl (C=O) groups excluding carboxylic acids is 1. The molecule has 0 aliphatic heterocycles. The molecule has 0 aliphatic carbocycles. The Bertz CT molecular complexity index is 978. The van der Waals surface area contributed by atoms with Gasteiger partial charge in [0.15, 0.2) is 0 Å². The summed E-state index contributed by atoms with van der Waals surface area (Å²) in [7, 11) is 1.65. The first-order valence-electron chi connectivity index (χ1n) is 8.83. The molecule has 7 heteroatoms. The fraction of sp³-hybridized carbons (Fsp3) is 0.190. The molecule has 0 aliphatic rings. The van der Waals surface area contributed by atoms with E-state index < -0.39 is 0 Å². The van der Waals surface area contributed by atoms with Crippen molar-refractivity contribution in [3.63, 3.8) is 0 Å². The third kappa shape index (κ3) is 5.20. The van der Waals surface area contributed by atoms with Gasteiger partial charge >= 0.3 is 0 Å². The van der Waals surface area contributed by atoms with Crippen LogP contribution in [0.5, 0.6) is 5.75 Å². The lowest BCUT2D eigenvalue weighted by Gasteiger charge is -2.10. The van der Waals surface area contributed by atoms with Crippen LogP contribution >= 0.6 is 11.6 Å². The minimum atomic E-state index is -0.338. The van der Waals surface area contributed by atoms with Gasteiger partial charge in [0.1, 0.15) is 11.4 Å². The Labute approximate surface area is 168 Å². The van der Waals surface area contributed by atoms with Crippen molar-refractivity contribution in [3.8, 4) is 5.75 Å². The summed E-state index contributed by atoms with van der Waals surface area (Å²) in [5.74, 6) is 0.893. The highest BCUT2D eigenvalue weighted by Gasteiger charge is 2.12. The normalized spacial score (nSPS) is 10.4. The van der Waals surface area contributed by atoms with Crippen molar-refractivity contribution in [2.24, 2.45) is 0 Å². The van der Waals surface area contributed by atoms with Gasteiger partial charge in [-0.3, -0.25) is 4.79 Å². The molecule has 1 heterocycles. The topological polar surface area (TPSA) is 76.1 Å². The van der Waals surface area contributed by atoms with E-state index in [1.807, 2.05) is 31.2 Å². The van der Waals surface area contributed by atoms with Crippen LogP contribution in [0.4, 0.5) is 11.6 Å². The SMILES string of the molecule is COc1cccc(CCNc2nc(C)cc(C(=O)Nc3ccccc3Cl)n2)c1. The number of carbonyl (C=O) groups is 1. The summed E-state index contributed by atoms with van der Waals surface area (Å²) < 4.78 is 5.24. The summed E-state index contributed by atoms with van der Waals surface area (Å²) in [4.78, 5) is 21.2. The first-order valence-corrected chi connectivity index (χ1v) is 9.21. The van der Waals surface area contributed by atoms with Gasteiger partial charge in [0, 0.05) is 12.2 Å². The minimum Gasteiger partial charge on any atom is -0.497 e. The Balaban J connectivity index is 1.65. The van der Waals surface area contributed by atoms with Crippen LogP contribution < -0.4 is 15.4 Å². The standard InChI is InChI=1S/C21H21ClN4O2/c1-14-12-19(20(27)25-18-9-4-3-8-17(18)22)26-21(24-14)23-11-10-15-6-5-7-16(13-15)28-2/h3-9,12-13H,10-11H2,1-2H3,(H,25,27)(H,23,24,26). The maximum Gasteiger partial charge on any atom is 0.274 e. The lowest BCUT2D eigenvalue weighted by atomic mass is 10.1. The highest BCUT2D eigenvalue weighted by Crippen LogP contribution is 2.21. The number of amides is 1. The molecular formula is C21H21ClN4O2. The number of hydrogen-bond donors (Lipinski definition) is 2. The highest BCUT2D eigenvalue weighted by molar-refractivity contribution is 6.33. The molecule has 144 valence electrons. The first kappa shape index (κ1) is 19.6. The fourth-order valence-electron chi connectivity index (χ4n) is 2.66. The number of rotatable bonds is 7. The molecule has 2 N–H and O–H groups in total. The van der Waals surface area contributed by atoms with E-state index in [0.717, 1.165) is 17.7 Å². The average molecular weight is 397 g/mol. The van der Waals surface area contributed by atoms with Crippen molar-refractivity contribution in [1.82, 2.24) is 9.97 Å². The second-order valence-corrected chi connectivity index (χ2v) is 6.59. The number of nitrogens with zero attached hydrogens (tertiary/aromatic N) is 2. The quantitative estimate of drug-likeness (QED) is 0.620. The number of benzene rings is 2. The van der Waals surface area contributed by atoms with Crippen molar-refractivity contribution >= 4 is 29.1 Å². The summed E-state index contributed by atoms with van der Waals surface area (Å²) in [6, 6.07) is 16.6. The molecule has 0 fully saturated rings. The van der Waals surface area contributed by atoms with Crippen LogP contribution in [0.3, 0.4) is 0 Å². The number of aromatic nitrogens is 2. The van der Waals surface area contributed by atoms with Gasteiger partial charge in [0.2, 0.25) is 5.95 Å². The molecular weight excluding hydrogens is 376 g/mol. The molecule has 0 saturated carbocycles. The largest absolute Gasteiger partial charge is 0.497 e. The van der Waals surface area contributed by atoms with Gasteiger partial charge in [-0.15, -0.1) is 0 Å². The molecule has 2 aromatic carbocycles. The summed E-state index contributed by atoms with van der Waals surface area (Å²) in [6.07, 6.45) is 0.773. The van der Waals surface area contributed by atoms with Crippen LogP contribution in [0, 0.1) is 6.92 Å². The Kier molecular flexibility index (Phi) is 6.45. The molecule has 0 radical (unpaired) electrons. The predicted molar refractivity (Wildman–Crippen MR) is 111 cm³/mol. The fourth-order valence-corrected chi connectivity index (χ4v) is 2.84. The molecule has 1 aromatic heterocycles. The minimum absolute atomic E-state index is 0.274. The van der Waals surface area contributed by atoms with E-state index in [0.29, 0.717) is 28.9 Å². The third-order valence-corrected chi connectivity index (χ3v) is 4.37. The molecule has 3 rings (SSSR count). The van der Waals surface area contributed by atoms with Crippen molar-refractivity contribution in [2.45, 2.75) is 13.3 Å². The van der Waals surface area contributed by atoms with E-state index >= 15 is 0 Å². The molecule has 0 spiro atoms. The number of aryl methyl sites for hydroxylation is 1. The Hall–Kier alpha value is -3.12. The van der Waals surface area contributed by atoms with E-state index in [2.05, 4.69) is 20.6 Å². The van der Waals surface area contributed by atoms with Gasteiger partial charge in [0.25, 0.3) is 5.91 Å². The molecule has 0 atom stereocenters. The maximum absolute atomic E-state index is 12.5. The Morgan fingerprint density at radius 2 is 1.93 bits per heavy atom. The van der Waals surface area contributed by atoms with Gasteiger partial charge < -0.3 is 15.4 Å². The zero-order chi connectivity index (χ0) is 19.9. The monoisotopic (exact) mass is 396 g/mol. The van der Waals surface area contributed by atoms with Crippen molar-refractivity contribution in [2.75, 3.05) is 24.3 Å². The molecule has 6 nitrogen and oxygen atoms in total. The van der Waals surface area contributed by atoms with Crippen LogP contribution in [-0.4, -0.2) is 29.5 Å². The van der Waals surface area contributed by atoms with E-state index in [1.165, 1.54) is 0 Å². The molecule has 0 unspecified atom stereocenters. The van der Waals surface area contributed by atoms with Crippen LogP contribution in [0.1, 0.15) is 21.7 Å². The predicted octanol–water partition coefficient (Wildman–Crippen LogP) is 4.35. The average Bonchev–Trinajstić information content (AvgIpc) is 2.69. The van der Waals surface area contributed by atoms with Gasteiger partial charge in [0.05, 0.1) is 17.8 Å². The van der Waals surface area contributed by atoms with Crippen LogP contribution in [-0.2, 0) is 6.42 Å². The smallest absolute Gasteiger partial charge is 0.274 e. The summed E-state index contributed by atoms with van der Waals surface area (Å²) in [5.41, 5.74) is 2.65. The number of halogens is 1. The van der Waals surface area contributed by atoms with Crippen molar-refractivity contribution in [3.05, 3.63) is 76.6 Å². The molecule has 0 saturated heterocycles. The zero-order valence-corrected chi connectivity index (χ0v) is 16.5. The molecule has 3 aromatic rings. The highest BCUT2D eigenvalue weighted by atomic mass is 35.5. The van der Waals surface area contributed by atoms with Crippen molar-refractivity contribution < 1.29 is 9.53 Å². The van der Waals surface area contributed by atoms with E-state index in [9.17, 15) is 4.79 Å². The second-order valence-electron chi connectivity index (χ2n) is 6.18. The Morgan fingerprint density at radius 3 is 2.71 bits per heavy atom. The molecule has 28 heavy (non-hydrogen) atoms. The lowest BCUT2D eigenvalue weighted by molar-refractivity contribution is 0.102. The second kappa shape index (κ2) is 9.19. The van der Waals surface area contributed by atoms with Crippen LogP contribution in [0.15, 0.2) is 54.6 Å². The lowest BCUT2D eigenvalue weighted by Crippen LogP contribution is -2.17. The number of nitrogens with one attached hydrogen (secondary N) is 2. The molecule has 1 amide bonds. The van der Waals surface area contributed by atoms with Crippen molar-refractivity contribution in [1.29, 1.82) is 0 Å². The van der Waals surface area contributed by atoms with Gasteiger partial charge in [-0.2, -0.15) is 0 Å². The van der Waals surface area contributed by atoms with Gasteiger partial charge in [-0.05, 0) is 49.2 Å². The number of anilines is 2. The number of hydrogen-bond acceptors (Lipinski definition) is 5. The van der Waals surface area contributed by atoms with Crippen LogP contribution in [0.2, 0.25) is 5.02 Å². The summed E-state index contributed by atoms with van der Waals surface area (Å²) in [6.45, 7) is 2.45. The third-order valence-electron chi connectivity index (χ3n) is 4.04. The summed E-state index contributed by atoms with van der Waals surface area (Å²) in [5, 5.41) is 6.42. The zero-order valence-electron chi connectivity index (χ0n) is 15.7. The van der Waals surface area contributed by atoms with Gasteiger partial charge in [-0.1, -0.05) is 35.9 Å². The Morgan fingerprint density at radius 1 is 1.11 bits per heavy atom. The number of ether oxygens (including phenoxy) is 1. The van der Waals surface area contributed by atoms with Gasteiger partial charge in [-0.25, -0.2) is 9.97 Å². The summed E-state index contributed by atoms with van der Waals surface area (Å²) >= 11 is 6.10. The van der Waals surface area contributed by atoms with E-state index in [-0.39, 0.29) is 11.6 Å². The number of methoxy groups -OCH3 is 1. The number of para-hydroxylation sites is 1. The maximum atomic E-state index is 12.5. The van der Waals surface area contributed by atoms with Crippen LogP contribution in [0.25, 0.3) is 0 Å². The molecule has 0 bridgehead atoms.